The first kappa shape index (κ1) is 16.2. The molecule has 1 aromatic carbocycles. The molecule has 2 aromatic heterocycles. The molecule has 25 heavy (non-hydrogen) atoms. The Bertz CT molecular complexity index is 919. The van der Waals surface area contributed by atoms with Crippen molar-refractivity contribution in [3.63, 3.8) is 0 Å². The zero-order chi connectivity index (χ0) is 17.6. The van der Waals surface area contributed by atoms with Crippen molar-refractivity contribution in [1.29, 1.82) is 0 Å². The van der Waals surface area contributed by atoms with Gasteiger partial charge >= 0.3 is 0 Å². The molecule has 2 atom stereocenters. The average Bonchev–Trinajstić information content (AvgIpc) is 3.33. The number of nitrogens with zero attached hydrogens (tertiary/aromatic N) is 2. The molecular formula is C18H19ClN4O2. The number of aromatic nitrogens is 3. The number of likely N-dealkylation sites (tertiary alicyclic amines) is 1. The van der Waals surface area contributed by atoms with Gasteiger partial charge in [0.15, 0.2) is 0 Å². The number of H-pyrrole nitrogens is 2. The van der Waals surface area contributed by atoms with Gasteiger partial charge in [0.2, 0.25) is 0 Å². The number of methoxy groups -OCH3 is 1. The minimum atomic E-state index is -0.131. The molecule has 0 aliphatic carbocycles. The number of carbonyl (C=O) groups is 1. The summed E-state index contributed by atoms with van der Waals surface area (Å²) in [6.07, 6.45) is 4.18. The molecule has 4 rings (SSSR count). The van der Waals surface area contributed by atoms with Gasteiger partial charge < -0.3 is 19.6 Å². The van der Waals surface area contributed by atoms with Gasteiger partial charge in [-0.25, -0.2) is 4.98 Å². The Hall–Kier alpha value is -2.31. The maximum absolute atomic E-state index is 13.3. The van der Waals surface area contributed by atoms with E-state index in [0.29, 0.717) is 17.3 Å². The van der Waals surface area contributed by atoms with Crippen LogP contribution in [0, 0.1) is 6.92 Å². The topological polar surface area (TPSA) is 74.0 Å². The Balaban J connectivity index is 1.74. The summed E-state index contributed by atoms with van der Waals surface area (Å²) in [5, 5.41) is 1.58. The summed E-state index contributed by atoms with van der Waals surface area (Å²) in [7, 11) is 1.67. The predicted molar refractivity (Wildman–Crippen MR) is 95.8 cm³/mol. The molecule has 1 aliphatic heterocycles. The molecule has 0 bridgehead atoms. The van der Waals surface area contributed by atoms with Crippen molar-refractivity contribution in [2.45, 2.75) is 25.5 Å². The number of aromatic amines is 2. The molecule has 0 saturated carbocycles. The van der Waals surface area contributed by atoms with Crippen LogP contribution < -0.4 is 0 Å². The molecule has 3 heterocycles. The lowest BCUT2D eigenvalue weighted by Gasteiger charge is -2.22. The van der Waals surface area contributed by atoms with Gasteiger partial charge in [0, 0.05) is 37.9 Å². The molecule has 130 valence electrons. The highest BCUT2D eigenvalue weighted by molar-refractivity contribution is 6.35. The molecule has 1 saturated heterocycles. The van der Waals surface area contributed by atoms with Gasteiger partial charge in [0.1, 0.15) is 11.5 Å². The van der Waals surface area contributed by atoms with E-state index in [4.69, 9.17) is 16.3 Å². The van der Waals surface area contributed by atoms with Crippen LogP contribution in [-0.4, -0.2) is 45.5 Å². The van der Waals surface area contributed by atoms with Gasteiger partial charge in [-0.1, -0.05) is 23.7 Å². The van der Waals surface area contributed by atoms with Gasteiger partial charge in [-0.05, 0) is 18.6 Å². The number of carbonyl (C=O) groups excluding carboxylic acids is 1. The lowest BCUT2D eigenvalue weighted by molar-refractivity contribution is 0.0679. The van der Waals surface area contributed by atoms with Gasteiger partial charge in [-0.2, -0.15) is 0 Å². The third-order valence-electron chi connectivity index (χ3n) is 4.95. The van der Waals surface area contributed by atoms with Crippen molar-refractivity contribution >= 4 is 28.4 Å². The Labute approximate surface area is 150 Å². The molecule has 2 N–H and O–H groups in total. The molecule has 7 heteroatoms. The maximum atomic E-state index is 13.3. The SMILES string of the molecule is CO[C@@H]1CC(c2ncc[nH]2)N(C(=O)c2[nH]c3c(Cl)cccc3c2C)C1. The summed E-state index contributed by atoms with van der Waals surface area (Å²) in [5.41, 5.74) is 2.26. The number of hydrogen-bond donors (Lipinski definition) is 2. The third kappa shape index (κ3) is 2.62. The number of amides is 1. The van der Waals surface area contributed by atoms with Crippen LogP contribution in [0.3, 0.4) is 0 Å². The number of ether oxygens (including phenoxy) is 1. The quantitative estimate of drug-likeness (QED) is 0.753. The predicted octanol–water partition coefficient (Wildman–Crippen LogP) is 3.46. The number of rotatable bonds is 3. The number of aryl methyl sites for hydroxylation is 1. The average molecular weight is 359 g/mol. The van der Waals surface area contributed by atoms with E-state index >= 15 is 0 Å². The first-order valence-corrected chi connectivity index (χ1v) is 8.57. The van der Waals surface area contributed by atoms with Crippen molar-refractivity contribution in [2.75, 3.05) is 13.7 Å². The number of para-hydroxylation sites is 1. The number of halogens is 1. The monoisotopic (exact) mass is 358 g/mol. The van der Waals surface area contributed by atoms with Crippen molar-refractivity contribution in [3.05, 3.63) is 52.7 Å². The smallest absolute Gasteiger partial charge is 0.271 e. The standard InChI is InChI=1S/C18H19ClN4O2/c1-10-12-4-3-5-13(19)16(12)22-15(10)18(24)23-9-11(25-2)8-14(23)17-20-6-7-21-17/h3-7,11,14,22H,8-9H2,1-2H3,(H,20,21)/t11-,14?/m1/s1. The second-order valence-electron chi connectivity index (χ2n) is 6.33. The summed E-state index contributed by atoms with van der Waals surface area (Å²) in [6.45, 7) is 2.47. The van der Waals surface area contributed by atoms with Crippen LogP contribution in [0.2, 0.25) is 5.02 Å². The Morgan fingerprint density at radius 2 is 2.28 bits per heavy atom. The highest BCUT2D eigenvalue weighted by Crippen LogP contribution is 2.35. The first-order chi connectivity index (χ1) is 12.1. The molecule has 0 spiro atoms. The van der Waals surface area contributed by atoms with Crippen LogP contribution >= 0.6 is 11.6 Å². The Morgan fingerprint density at radius 1 is 1.44 bits per heavy atom. The number of hydrogen-bond acceptors (Lipinski definition) is 3. The van der Waals surface area contributed by atoms with E-state index in [1.54, 1.807) is 19.5 Å². The Kier molecular flexibility index (Phi) is 4.01. The van der Waals surface area contributed by atoms with Crippen LogP contribution in [0.15, 0.2) is 30.6 Å². The molecule has 3 aromatic rings. The Morgan fingerprint density at radius 3 is 2.96 bits per heavy atom. The normalized spacial score (nSPS) is 20.5. The summed E-state index contributed by atoms with van der Waals surface area (Å²) in [4.78, 5) is 25.8. The molecule has 1 fully saturated rings. The fourth-order valence-corrected chi connectivity index (χ4v) is 3.81. The summed E-state index contributed by atoms with van der Waals surface area (Å²) >= 11 is 6.27. The maximum Gasteiger partial charge on any atom is 0.271 e. The molecule has 1 amide bonds. The second kappa shape index (κ2) is 6.20. The zero-order valence-corrected chi connectivity index (χ0v) is 14.8. The van der Waals surface area contributed by atoms with Crippen molar-refractivity contribution in [1.82, 2.24) is 19.9 Å². The fraction of sp³-hybridized carbons (Fsp3) is 0.333. The zero-order valence-electron chi connectivity index (χ0n) is 14.0. The molecular weight excluding hydrogens is 340 g/mol. The van der Waals surface area contributed by atoms with Crippen LogP contribution in [-0.2, 0) is 4.74 Å². The lowest BCUT2D eigenvalue weighted by Crippen LogP contribution is -2.33. The van der Waals surface area contributed by atoms with Crippen LogP contribution in [0.25, 0.3) is 10.9 Å². The van der Waals surface area contributed by atoms with Gasteiger partial charge in [-0.15, -0.1) is 0 Å². The minimum absolute atomic E-state index is 0.00711. The molecule has 0 radical (unpaired) electrons. The molecule has 1 aliphatic rings. The van der Waals surface area contributed by atoms with Gasteiger partial charge in [0.25, 0.3) is 5.91 Å². The second-order valence-corrected chi connectivity index (χ2v) is 6.74. The molecule has 1 unspecified atom stereocenters. The highest BCUT2D eigenvalue weighted by Gasteiger charge is 2.39. The van der Waals surface area contributed by atoms with E-state index in [9.17, 15) is 4.79 Å². The number of nitrogens with one attached hydrogen (secondary N) is 2. The van der Waals surface area contributed by atoms with E-state index in [0.717, 1.165) is 28.7 Å². The van der Waals surface area contributed by atoms with E-state index in [-0.39, 0.29) is 18.1 Å². The van der Waals surface area contributed by atoms with Crippen LogP contribution in [0.4, 0.5) is 0 Å². The number of imidazole rings is 1. The van der Waals surface area contributed by atoms with Crippen LogP contribution in [0.1, 0.15) is 34.3 Å². The minimum Gasteiger partial charge on any atom is -0.380 e. The van der Waals surface area contributed by atoms with E-state index in [1.807, 2.05) is 30.0 Å². The highest BCUT2D eigenvalue weighted by atomic mass is 35.5. The largest absolute Gasteiger partial charge is 0.380 e. The lowest BCUT2D eigenvalue weighted by atomic mass is 10.1. The van der Waals surface area contributed by atoms with Gasteiger partial charge in [0.05, 0.1) is 22.7 Å². The van der Waals surface area contributed by atoms with E-state index in [2.05, 4.69) is 15.0 Å². The van der Waals surface area contributed by atoms with Gasteiger partial charge in [-0.3, -0.25) is 4.79 Å². The fourth-order valence-electron chi connectivity index (χ4n) is 3.59. The summed E-state index contributed by atoms with van der Waals surface area (Å²) < 4.78 is 5.50. The van der Waals surface area contributed by atoms with Crippen LogP contribution in [0.5, 0.6) is 0 Å². The van der Waals surface area contributed by atoms with E-state index in [1.165, 1.54) is 0 Å². The first-order valence-electron chi connectivity index (χ1n) is 8.20. The van der Waals surface area contributed by atoms with Crippen molar-refractivity contribution < 1.29 is 9.53 Å². The third-order valence-corrected chi connectivity index (χ3v) is 5.26. The number of fused-ring (bicyclic) bond motifs is 1. The van der Waals surface area contributed by atoms with E-state index < -0.39 is 0 Å². The number of benzene rings is 1. The summed E-state index contributed by atoms with van der Waals surface area (Å²) in [5.74, 6) is 0.713. The molecule has 6 nitrogen and oxygen atoms in total. The van der Waals surface area contributed by atoms with Crippen molar-refractivity contribution in [2.24, 2.45) is 0 Å². The summed E-state index contributed by atoms with van der Waals surface area (Å²) in [6, 6.07) is 5.54. The van der Waals surface area contributed by atoms with Crippen molar-refractivity contribution in [3.8, 4) is 0 Å².